The molecule has 0 spiro atoms. The third-order valence-corrected chi connectivity index (χ3v) is 5.43. The summed E-state index contributed by atoms with van der Waals surface area (Å²) in [6.07, 6.45) is 0.825. The molecule has 0 aliphatic carbocycles. The van der Waals surface area contributed by atoms with E-state index < -0.39 is 0 Å². The number of carbonyl (C=O) groups excluding carboxylic acids is 2. The topological polar surface area (TPSA) is 58.2 Å². The van der Waals surface area contributed by atoms with Crippen molar-refractivity contribution in [2.24, 2.45) is 0 Å². The molecule has 4 nitrogen and oxygen atoms in total. The lowest BCUT2D eigenvalue weighted by Gasteiger charge is -2.10. The molecule has 0 aliphatic heterocycles. The van der Waals surface area contributed by atoms with Gasteiger partial charge < -0.3 is 10.6 Å². The molecule has 138 valence electrons. The van der Waals surface area contributed by atoms with Crippen molar-refractivity contribution in [1.82, 2.24) is 5.32 Å². The first kappa shape index (κ1) is 19.1. The van der Waals surface area contributed by atoms with E-state index in [0.29, 0.717) is 9.90 Å². The molecule has 0 saturated heterocycles. The van der Waals surface area contributed by atoms with Crippen molar-refractivity contribution < 1.29 is 9.59 Å². The average molecular weight is 399 g/mol. The number of nitrogens with one attached hydrogen (secondary N) is 2. The van der Waals surface area contributed by atoms with Gasteiger partial charge in [0.15, 0.2) is 0 Å². The van der Waals surface area contributed by atoms with Crippen LogP contribution in [0.4, 0.5) is 5.69 Å². The molecule has 1 heterocycles. The van der Waals surface area contributed by atoms with Crippen LogP contribution in [-0.2, 0) is 11.2 Å². The lowest BCUT2D eigenvalue weighted by Crippen LogP contribution is -2.32. The normalized spacial score (nSPS) is 10.4. The molecule has 3 rings (SSSR count). The van der Waals surface area contributed by atoms with Crippen LogP contribution in [0.5, 0.6) is 0 Å². The number of benzene rings is 2. The van der Waals surface area contributed by atoms with E-state index in [4.69, 9.17) is 11.6 Å². The molecule has 0 aliphatic rings. The van der Waals surface area contributed by atoms with E-state index in [9.17, 15) is 9.59 Å². The van der Waals surface area contributed by atoms with Gasteiger partial charge in [0.1, 0.15) is 0 Å². The molecular formula is C21H19ClN2O2S. The molecule has 0 unspecified atom stereocenters. The monoisotopic (exact) mass is 398 g/mol. The SMILES string of the molecule is CCc1ccccc1NC(=O)CNC(=O)c1ccc(-c2ccc(Cl)cc2)s1. The van der Waals surface area contributed by atoms with E-state index in [2.05, 4.69) is 10.6 Å². The van der Waals surface area contributed by atoms with Crippen LogP contribution in [-0.4, -0.2) is 18.4 Å². The Balaban J connectivity index is 1.58. The highest BCUT2D eigenvalue weighted by Crippen LogP contribution is 2.29. The summed E-state index contributed by atoms with van der Waals surface area (Å²) in [5.74, 6) is -0.516. The molecule has 2 N–H and O–H groups in total. The van der Waals surface area contributed by atoms with Gasteiger partial charge in [-0.3, -0.25) is 9.59 Å². The molecule has 1 aromatic heterocycles. The quantitative estimate of drug-likeness (QED) is 0.613. The predicted molar refractivity (Wildman–Crippen MR) is 112 cm³/mol. The summed E-state index contributed by atoms with van der Waals surface area (Å²) in [4.78, 5) is 26.0. The zero-order chi connectivity index (χ0) is 19.2. The summed E-state index contributed by atoms with van der Waals surface area (Å²) in [5, 5.41) is 6.18. The second-order valence-electron chi connectivity index (χ2n) is 5.91. The maximum Gasteiger partial charge on any atom is 0.261 e. The number of hydrogen-bond donors (Lipinski definition) is 2. The highest BCUT2D eigenvalue weighted by molar-refractivity contribution is 7.17. The summed E-state index contributed by atoms with van der Waals surface area (Å²) in [6.45, 7) is 1.95. The summed E-state index contributed by atoms with van der Waals surface area (Å²) >= 11 is 7.28. The van der Waals surface area contributed by atoms with E-state index in [0.717, 1.165) is 28.1 Å². The van der Waals surface area contributed by atoms with E-state index in [-0.39, 0.29) is 18.4 Å². The van der Waals surface area contributed by atoms with Crippen molar-refractivity contribution in [1.29, 1.82) is 0 Å². The van der Waals surface area contributed by atoms with E-state index in [1.165, 1.54) is 11.3 Å². The first-order chi connectivity index (χ1) is 13.1. The van der Waals surface area contributed by atoms with Gasteiger partial charge in [0, 0.05) is 15.6 Å². The summed E-state index contributed by atoms with van der Waals surface area (Å²) in [5.41, 5.74) is 2.83. The minimum Gasteiger partial charge on any atom is -0.342 e. The fourth-order valence-electron chi connectivity index (χ4n) is 2.62. The van der Waals surface area contributed by atoms with Gasteiger partial charge in [0.25, 0.3) is 5.91 Å². The Kier molecular flexibility index (Phi) is 6.27. The van der Waals surface area contributed by atoms with Crippen LogP contribution >= 0.6 is 22.9 Å². The number of carbonyl (C=O) groups is 2. The summed E-state index contributed by atoms with van der Waals surface area (Å²) in [6, 6.07) is 18.7. The van der Waals surface area contributed by atoms with Gasteiger partial charge in [-0.15, -0.1) is 11.3 Å². The van der Waals surface area contributed by atoms with Crippen LogP contribution in [0, 0.1) is 0 Å². The number of para-hydroxylation sites is 1. The Bertz CT molecular complexity index is 951. The van der Waals surface area contributed by atoms with E-state index >= 15 is 0 Å². The number of anilines is 1. The van der Waals surface area contributed by atoms with Gasteiger partial charge >= 0.3 is 0 Å². The highest BCUT2D eigenvalue weighted by Gasteiger charge is 2.12. The van der Waals surface area contributed by atoms with E-state index in [1.807, 2.05) is 61.5 Å². The third-order valence-electron chi connectivity index (χ3n) is 4.04. The Morgan fingerprint density at radius 1 is 1.00 bits per heavy atom. The molecule has 0 atom stereocenters. The van der Waals surface area contributed by atoms with Gasteiger partial charge in [-0.1, -0.05) is 48.9 Å². The minimum absolute atomic E-state index is 0.0783. The van der Waals surface area contributed by atoms with Gasteiger partial charge in [0.2, 0.25) is 5.91 Å². The van der Waals surface area contributed by atoms with Crippen molar-refractivity contribution in [3.63, 3.8) is 0 Å². The molecular weight excluding hydrogens is 380 g/mol. The second kappa shape index (κ2) is 8.84. The van der Waals surface area contributed by atoms with Gasteiger partial charge in [-0.25, -0.2) is 0 Å². The number of aryl methyl sites for hydroxylation is 1. The zero-order valence-electron chi connectivity index (χ0n) is 14.8. The fraction of sp³-hybridized carbons (Fsp3) is 0.143. The standard InChI is InChI=1S/C21H19ClN2O2S/c1-2-14-5-3-4-6-17(14)24-20(25)13-23-21(26)19-12-11-18(27-19)15-7-9-16(22)10-8-15/h3-12H,2,13H2,1H3,(H,23,26)(H,24,25). The third kappa shape index (κ3) is 4.96. The lowest BCUT2D eigenvalue weighted by atomic mass is 10.1. The van der Waals surface area contributed by atoms with Crippen molar-refractivity contribution >= 4 is 40.4 Å². The van der Waals surface area contributed by atoms with Crippen LogP contribution in [0.1, 0.15) is 22.2 Å². The smallest absolute Gasteiger partial charge is 0.261 e. The van der Waals surface area contributed by atoms with Crippen LogP contribution in [0.2, 0.25) is 5.02 Å². The zero-order valence-corrected chi connectivity index (χ0v) is 16.4. The van der Waals surface area contributed by atoms with Crippen molar-refractivity contribution in [3.05, 3.63) is 76.1 Å². The number of hydrogen-bond acceptors (Lipinski definition) is 3. The molecule has 3 aromatic rings. The Morgan fingerprint density at radius 3 is 2.48 bits per heavy atom. The molecule has 2 aromatic carbocycles. The van der Waals surface area contributed by atoms with Crippen molar-refractivity contribution in [2.75, 3.05) is 11.9 Å². The molecule has 27 heavy (non-hydrogen) atoms. The Labute approximate surface area is 167 Å². The highest BCUT2D eigenvalue weighted by atomic mass is 35.5. The molecule has 2 amide bonds. The maximum atomic E-state index is 12.3. The summed E-state index contributed by atoms with van der Waals surface area (Å²) in [7, 11) is 0. The van der Waals surface area contributed by atoms with Crippen LogP contribution < -0.4 is 10.6 Å². The Morgan fingerprint density at radius 2 is 1.74 bits per heavy atom. The van der Waals surface area contributed by atoms with Crippen LogP contribution in [0.3, 0.4) is 0 Å². The maximum absolute atomic E-state index is 12.3. The minimum atomic E-state index is -0.265. The first-order valence-corrected chi connectivity index (χ1v) is 9.78. The predicted octanol–water partition coefficient (Wildman–Crippen LogP) is 5.00. The van der Waals surface area contributed by atoms with Gasteiger partial charge in [-0.2, -0.15) is 0 Å². The van der Waals surface area contributed by atoms with E-state index in [1.54, 1.807) is 6.07 Å². The van der Waals surface area contributed by atoms with Crippen LogP contribution in [0.25, 0.3) is 10.4 Å². The molecule has 6 heteroatoms. The fourth-order valence-corrected chi connectivity index (χ4v) is 3.68. The first-order valence-electron chi connectivity index (χ1n) is 8.58. The lowest BCUT2D eigenvalue weighted by molar-refractivity contribution is -0.115. The van der Waals surface area contributed by atoms with Crippen LogP contribution in [0.15, 0.2) is 60.7 Å². The van der Waals surface area contributed by atoms with Crippen molar-refractivity contribution in [2.45, 2.75) is 13.3 Å². The summed E-state index contributed by atoms with van der Waals surface area (Å²) < 4.78 is 0. The number of amides is 2. The molecule has 0 fully saturated rings. The van der Waals surface area contributed by atoms with Gasteiger partial charge in [0.05, 0.1) is 11.4 Å². The second-order valence-corrected chi connectivity index (χ2v) is 7.43. The number of thiophene rings is 1. The number of halogens is 1. The van der Waals surface area contributed by atoms with Gasteiger partial charge in [-0.05, 0) is 47.9 Å². The average Bonchev–Trinajstić information content (AvgIpc) is 3.17. The molecule has 0 radical (unpaired) electrons. The largest absolute Gasteiger partial charge is 0.342 e. The Hall–Kier alpha value is -2.63. The molecule has 0 bridgehead atoms. The molecule has 0 saturated carbocycles. The van der Waals surface area contributed by atoms with Crippen molar-refractivity contribution in [3.8, 4) is 10.4 Å². The number of rotatable bonds is 6.